The fraction of sp³-hybridized carbons (Fsp3) is 0.273. The minimum atomic E-state index is -0.543. The third-order valence-corrected chi connectivity index (χ3v) is 5.53. The van der Waals surface area contributed by atoms with Crippen molar-refractivity contribution >= 4 is 35.8 Å². The van der Waals surface area contributed by atoms with Crippen LogP contribution >= 0.6 is 24.0 Å². The summed E-state index contributed by atoms with van der Waals surface area (Å²) in [7, 11) is 0. The molecule has 5 nitrogen and oxygen atoms in total. The first-order chi connectivity index (χ1) is 14.5. The zero-order chi connectivity index (χ0) is 21.1. The van der Waals surface area contributed by atoms with Crippen LogP contribution in [0.2, 0.25) is 5.02 Å². The van der Waals surface area contributed by atoms with Crippen LogP contribution in [0.5, 0.6) is 0 Å². The molecular formula is C22H23Cl2F2N5. The van der Waals surface area contributed by atoms with Gasteiger partial charge in [0.25, 0.3) is 0 Å². The van der Waals surface area contributed by atoms with Crippen molar-refractivity contribution < 1.29 is 8.78 Å². The number of nitrogens with zero attached hydrogens (tertiary/aromatic N) is 5. The summed E-state index contributed by atoms with van der Waals surface area (Å²) in [5.41, 5.74) is 2.56. The van der Waals surface area contributed by atoms with E-state index in [9.17, 15) is 8.78 Å². The fourth-order valence-corrected chi connectivity index (χ4v) is 3.77. The Kier molecular flexibility index (Phi) is 7.64. The van der Waals surface area contributed by atoms with Gasteiger partial charge in [-0.1, -0.05) is 23.8 Å². The van der Waals surface area contributed by atoms with E-state index in [0.29, 0.717) is 16.5 Å². The molecule has 2 aromatic heterocycles. The number of aromatic nitrogens is 3. The van der Waals surface area contributed by atoms with Crippen molar-refractivity contribution in [3.05, 3.63) is 76.7 Å². The molecule has 1 saturated heterocycles. The monoisotopic (exact) mass is 465 g/mol. The van der Waals surface area contributed by atoms with Crippen molar-refractivity contribution in [1.29, 1.82) is 0 Å². The minimum absolute atomic E-state index is 0. The van der Waals surface area contributed by atoms with Crippen molar-refractivity contribution in [3.63, 3.8) is 0 Å². The van der Waals surface area contributed by atoms with E-state index >= 15 is 0 Å². The molecule has 9 heteroatoms. The Balaban J connectivity index is 0.00000272. The number of hydrogen-bond acceptors (Lipinski definition) is 4. The van der Waals surface area contributed by atoms with Crippen LogP contribution in [0.15, 0.2) is 48.8 Å². The van der Waals surface area contributed by atoms with E-state index in [2.05, 4.69) is 21.1 Å². The highest BCUT2D eigenvalue weighted by atomic mass is 35.5. The molecule has 0 radical (unpaired) electrons. The molecule has 0 amide bonds. The molecule has 1 aliphatic rings. The van der Waals surface area contributed by atoms with Crippen molar-refractivity contribution in [2.45, 2.75) is 6.92 Å². The quantitative estimate of drug-likeness (QED) is 0.543. The lowest BCUT2D eigenvalue weighted by atomic mass is 10.2. The molecule has 0 bridgehead atoms. The molecule has 1 aliphatic heterocycles. The van der Waals surface area contributed by atoms with Crippen LogP contribution in [0.4, 0.5) is 14.5 Å². The van der Waals surface area contributed by atoms with E-state index in [1.165, 1.54) is 12.1 Å². The lowest BCUT2D eigenvalue weighted by Gasteiger charge is -2.35. The van der Waals surface area contributed by atoms with E-state index in [1.54, 1.807) is 29.2 Å². The first-order valence-electron chi connectivity index (χ1n) is 9.77. The summed E-state index contributed by atoms with van der Waals surface area (Å²) < 4.78 is 28.6. The Labute approximate surface area is 191 Å². The van der Waals surface area contributed by atoms with Crippen LogP contribution in [0, 0.1) is 18.6 Å². The fourth-order valence-electron chi connectivity index (χ4n) is 3.57. The lowest BCUT2D eigenvalue weighted by molar-refractivity contribution is 0.284. The zero-order valence-corrected chi connectivity index (χ0v) is 18.6. The number of hydrogen-bond donors (Lipinski definition) is 0. The second kappa shape index (κ2) is 10.2. The molecule has 0 unspecified atom stereocenters. The van der Waals surface area contributed by atoms with Gasteiger partial charge >= 0.3 is 0 Å². The molecule has 0 atom stereocenters. The number of halogens is 4. The second-order valence-corrected chi connectivity index (χ2v) is 7.63. The average molecular weight is 466 g/mol. The molecule has 3 heterocycles. The first kappa shape index (κ1) is 23.2. The third kappa shape index (κ3) is 5.42. The summed E-state index contributed by atoms with van der Waals surface area (Å²) in [6.07, 6.45) is 7.64. The van der Waals surface area contributed by atoms with Gasteiger partial charge in [-0.05, 0) is 31.2 Å². The predicted octanol–water partition coefficient (Wildman–Crippen LogP) is 4.76. The summed E-state index contributed by atoms with van der Waals surface area (Å²) in [5, 5.41) is 4.96. The SMILES string of the molecule is Cc1c(C=CCN2CCN(c3cc(F)cc(F)c3)CC2)cnn1-c1ncccc1Cl.Cl. The smallest absolute Gasteiger partial charge is 0.172 e. The van der Waals surface area contributed by atoms with Crippen LogP contribution in [-0.4, -0.2) is 52.4 Å². The predicted molar refractivity (Wildman–Crippen MR) is 122 cm³/mol. The Morgan fingerprint density at radius 3 is 2.48 bits per heavy atom. The average Bonchev–Trinajstić information content (AvgIpc) is 3.08. The molecule has 0 spiro atoms. The summed E-state index contributed by atoms with van der Waals surface area (Å²) in [5.74, 6) is -0.474. The van der Waals surface area contributed by atoms with Gasteiger partial charge in [-0.3, -0.25) is 4.90 Å². The number of anilines is 1. The molecule has 1 fully saturated rings. The van der Waals surface area contributed by atoms with Crippen LogP contribution in [0.25, 0.3) is 11.9 Å². The highest BCUT2D eigenvalue weighted by Crippen LogP contribution is 2.21. The lowest BCUT2D eigenvalue weighted by Crippen LogP contribution is -2.46. The maximum Gasteiger partial charge on any atom is 0.172 e. The van der Waals surface area contributed by atoms with Gasteiger partial charge in [-0.15, -0.1) is 12.4 Å². The van der Waals surface area contributed by atoms with Gasteiger partial charge < -0.3 is 4.90 Å². The third-order valence-electron chi connectivity index (χ3n) is 5.23. The summed E-state index contributed by atoms with van der Waals surface area (Å²) >= 11 is 6.23. The van der Waals surface area contributed by atoms with Crippen molar-refractivity contribution in [3.8, 4) is 5.82 Å². The maximum absolute atomic E-state index is 13.4. The summed E-state index contributed by atoms with van der Waals surface area (Å²) in [4.78, 5) is 8.62. The van der Waals surface area contributed by atoms with Gasteiger partial charge in [0.1, 0.15) is 11.6 Å². The van der Waals surface area contributed by atoms with Crippen molar-refractivity contribution in [2.24, 2.45) is 0 Å². The molecule has 0 saturated carbocycles. The Morgan fingerprint density at radius 1 is 1.10 bits per heavy atom. The van der Waals surface area contributed by atoms with E-state index in [-0.39, 0.29) is 12.4 Å². The van der Waals surface area contributed by atoms with Gasteiger partial charge in [0.05, 0.1) is 16.9 Å². The van der Waals surface area contributed by atoms with Crippen molar-refractivity contribution in [1.82, 2.24) is 19.7 Å². The summed E-state index contributed by atoms with van der Waals surface area (Å²) in [6.45, 7) is 5.88. The van der Waals surface area contributed by atoms with E-state index in [1.807, 2.05) is 17.9 Å². The Bertz CT molecular complexity index is 1040. The van der Waals surface area contributed by atoms with Crippen LogP contribution in [-0.2, 0) is 0 Å². The summed E-state index contributed by atoms with van der Waals surface area (Å²) in [6, 6.07) is 7.24. The van der Waals surface area contributed by atoms with E-state index < -0.39 is 11.6 Å². The number of pyridine rings is 1. The number of piperazine rings is 1. The molecule has 3 aromatic rings. The molecule has 0 N–H and O–H groups in total. The van der Waals surface area contributed by atoms with Crippen LogP contribution in [0.3, 0.4) is 0 Å². The van der Waals surface area contributed by atoms with Gasteiger partial charge in [0.2, 0.25) is 0 Å². The largest absolute Gasteiger partial charge is 0.369 e. The van der Waals surface area contributed by atoms with Gasteiger partial charge in [-0.2, -0.15) is 5.10 Å². The Morgan fingerprint density at radius 2 is 1.81 bits per heavy atom. The Hall–Kier alpha value is -2.48. The first-order valence-corrected chi connectivity index (χ1v) is 10.1. The molecule has 164 valence electrons. The molecule has 1 aromatic carbocycles. The van der Waals surface area contributed by atoms with Crippen LogP contribution < -0.4 is 4.90 Å². The molecular weight excluding hydrogens is 443 g/mol. The van der Waals surface area contributed by atoms with Crippen LogP contribution in [0.1, 0.15) is 11.3 Å². The normalized spacial score (nSPS) is 14.8. The van der Waals surface area contributed by atoms with Crippen molar-refractivity contribution in [2.75, 3.05) is 37.6 Å². The van der Waals surface area contributed by atoms with E-state index in [0.717, 1.165) is 50.0 Å². The molecule has 31 heavy (non-hydrogen) atoms. The van der Waals surface area contributed by atoms with E-state index in [4.69, 9.17) is 11.6 Å². The highest BCUT2D eigenvalue weighted by Gasteiger charge is 2.17. The molecule has 0 aliphatic carbocycles. The molecule has 4 rings (SSSR count). The zero-order valence-electron chi connectivity index (χ0n) is 17.0. The number of rotatable bonds is 5. The van der Waals surface area contributed by atoms with Gasteiger partial charge in [0, 0.05) is 56.2 Å². The number of benzene rings is 1. The van der Waals surface area contributed by atoms with Gasteiger partial charge in [-0.25, -0.2) is 18.4 Å². The highest BCUT2D eigenvalue weighted by molar-refractivity contribution is 6.32. The maximum atomic E-state index is 13.4. The second-order valence-electron chi connectivity index (χ2n) is 7.22. The van der Waals surface area contributed by atoms with Gasteiger partial charge in [0.15, 0.2) is 5.82 Å². The standard InChI is InChI=1S/C22H22ClF2N5.ClH/c1-16-17(15-27-30(16)22-21(23)5-2-6-26-22)4-3-7-28-8-10-29(11-9-28)20-13-18(24)12-19(25)14-20;/h2-6,12-15H,7-11H2,1H3;1H. The topological polar surface area (TPSA) is 37.2 Å². The minimum Gasteiger partial charge on any atom is -0.369 e.